The molecule has 4 N–H and O–H groups in total. The van der Waals surface area contributed by atoms with Gasteiger partial charge in [-0.25, -0.2) is 0 Å². The monoisotopic (exact) mass is 277 g/mol. The molecule has 0 saturated carbocycles. The van der Waals surface area contributed by atoms with Crippen LogP contribution in [0.15, 0.2) is 12.1 Å². The summed E-state index contributed by atoms with van der Waals surface area (Å²) in [4.78, 5) is 0. The molecule has 16 heavy (non-hydrogen) atoms. The van der Waals surface area contributed by atoms with Gasteiger partial charge in [0.1, 0.15) is 0 Å². The van der Waals surface area contributed by atoms with Gasteiger partial charge in [-0.2, -0.15) is 0 Å². The summed E-state index contributed by atoms with van der Waals surface area (Å²) in [5, 5.41) is 7.36. The van der Waals surface area contributed by atoms with Crippen molar-refractivity contribution in [3.8, 4) is 0 Å². The summed E-state index contributed by atoms with van der Waals surface area (Å²) in [5.74, 6) is 0. The fourth-order valence-electron chi connectivity index (χ4n) is 1.09. The third-order valence-corrected chi connectivity index (χ3v) is 2.70. The quantitative estimate of drug-likeness (QED) is 0.574. The standard InChI is InChI=1S/C10H13Cl2N3S/c1-5(2)14-10(16)15-9-4-7(12)6(11)3-8(9)13/h3-5H,13H2,1-2H3,(H2,14,15,16). The molecule has 1 aromatic rings. The van der Waals surface area contributed by atoms with Crippen molar-refractivity contribution in [2.45, 2.75) is 19.9 Å². The first kappa shape index (κ1) is 13.4. The van der Waals surface area contributed by atoms with Crippen molar-refractivity contribution in [1.82, 2.24) is 5.32 Å². The summed E-state index contributed by atoms with van der Waals surface area (Å²) in [6, 6.07) is 3.49. The van der Waals surface area contributed by atoms with Gasteiger partial charge in [-0.1, -0.05) is 23.2 Å². The topological polar surface area (TPSA) is 50.1 Å². The number of hydrogen-bond acceptors (Lipinski definition) is 2. The summed E-state index contributed by atoms with van der Waals surface area (Å²) in [7, 11) is 0. The largest absolute Gasteiger partial charge is 0.397 e. The van der Waals surface area contributed by atoms with Gasteiger partial charge in [-0.3, -0.25) is 0 Å². The van der Waals surface area contributed by atoms with Gasteiger partial charge >= 0.3 is 0 Å². The van der Waals surface area contributed by atoms with Gasteiger partial charge in [0.2, 0.25) is 0 Å². The van der Waals surface area contributed by atoms with Gasteiger partial charge in [-0.15, -0.1) is 0 Å². The zero-order valence-electron chi connectivity index (χ0n) is 8.97. The summed E-state index contributed by atoms with van der Waals surface area (Å²) in [5.41, 5.74) is 6.92. The van der Waals surface area contributed by atoms with Crippen LogP contribution in [-0.2, 0) is 0 Å². The molecule has 0 aliphatic rings. The van der Waals surface area contributed by atoms with E-state index in [2.05, 4.69) is 10.6 Å². The van der Waals surface area contributed by atoms with Crippen molar-refractivity contribution < 1.29 is 0 Å². The number of anilines is 2. The van der Waals surface area contributed by atoms with Gasteiger partial charge in [0.15, 0.2) is 5.11 Å². The van der Waals surface area contributed by atoms with Gasteiger partial charge < -0.3 is 16.4 Å². The summed E-state index contributed by atoms with van der Waals surface area (Å²) in [6.45, 7) is 3.98. The molecule has 0 radical (unpaired) electrons. The number of nitrogens with two attached hydrogens (primary N) is 1. The number of benzene rings is 1. The molecule has 1 aromatic carbocycles. The molecule has 0 spiro atoms. The van der Waals surface area contributed by atoms with E-state index in [0.717, 1.165) is 0 Å². The van der Waals surface area contributed by atoms with Crippen LogP contribution >= 0.6 is 35.4 Å². The maximum absolute atomic E-state index is 5.88. The molecule has 0 aliphatic heterocycles. The average Bonchev–Trinajstić information content (AvgIpc) is 2.12. The highest BCUT2D eigenvalue weighted by atomic mass is 35.5. The van der Waals surface area contributed by atoms with E-state index in [-0.39, 0.29) is 6.04 Å². The predicted octanol–water partition coefficient (Wildman–Crippen LogP) is 3.27. The highest BCUT2D eigenvalue weighted by molar-refractivity contribution is 7.80. The van der Waals surface area contributed by atoms with Crippen LogP contribution in [0.2, 0.25) is 10.0 Å². The van der Waals surface area contributed by atoms with Crippen molar-refractivity contribution >= 4 is 51.9 Å². The van der Waals surface area contributed by atoms with Gasteiger partial charge in [-0.05, 0) is 38.2 Å². The molecule has 0 amide bonds. The Morgan fingerprint density at radius 1 is 1.31 bits per heavy atom. The van der Waals surface area contributed by atoms with Crippen LogP contribution < -0.4 is 16.4 Å². The van der Waals surface area contributed by atoms with Gasteiger partial charge in [0.05, 0.1) is 21.4 Å². The number of rotatable bonds is 2. The van der Waals surface area contributed by atoms with E-state index in [1.807, 2.05) is 13.8 Å². The lowest BCUT2D eigenvalue weighted by Gasteiger charge is -2.15. The highest BCUT2D eigenvalue weighted by Crippen LogP contribution is 2.30. The van der Waals surface area contributed by atoms with E-state index >= 15 is 0 Å². The summed E-state index contributed by atoms with van der Waals surface area (Å²) >= 11 is 16.8. The molecule has 1 rings (SSSR count). The molecule has 0 aliphatic carbocycles. The molecular formula is C10H13Cl2N3S. The minimum atomic E-state index is 0.254. The third kappa shape index (κ3) is 3.70. The average molecular weight is 278 g/mol. The second kappa shape index (κ2) is 5.57. The molecule has 3 nitrogen and oxygen atoms in total. The zero-order chi connectivity index (χ0) is 12.3. The van der Waals surface area contributed by atoms with Gasteiger partial charge in [0, 0.05) is 6.04 Å². The van der Waals surface area contributed by atoms with E-state index in [0.29, 0.717) is 26.5 Å². The third-order valence-electron chi connectivity index (χ3n) is 1.76. The second-order valence-electron chi connectivity index (χ2n) is 3.61. The van der Waals surface area contributed by atoms with Crippen LogP contribution in [0.3, 0.4) is 0 Å². The summed E-state index contributed by atoms with van der Waals surface area (Å²) in [6.07, 6.45) is 0. The van der Waals surface area contributed by atoms with E-state index in [1.165, 1.54) is 0 Å². The van der Waals surface area contributed by atoms with Gasteiger partial charge in [0.25, 0.3) is 0 Å². The minimum Gasteiger partial charge on any atom is -0.397 e. The first-order chi connectivity index (χ1) is 7.40. The molecule has 0 bridgehead atoms. The Labute approximate surface area is 110 Å². The fraction of sp³-hybridized carbons (Fsp3) is 0.300. The number of thiocarbonyl (C=S) groups is 1. The lowest BCUT2D eigenvalue weighted by molar-refractivity contribution is 0.739. The van der Waals surface area contributed by atoms with Crippen molar-refractivity contribution in [1.29, 1.82) is 0 Å². The highest BCUT2D eigenvalue weighted by Gasteiger charge is 2.06. The van der Waals surface area contributed by atoms with Crippen LogP contribution in [0.5, 0.6) is 0 Å². The van der Waals surface area contributed by atoms with E-state index < -0.39 is 0 Å². The van der Waals surface area contributed by atoms with Crippen molar-refractivity contribution in [2.75, 3.05) is 11.1 Å². The van der Waals surface area contributed by atoms with Crippen molar-refractivity contribution in [3.05, 3.63) is 22.2 Å². The SMILES string of the molecule is CC(C)NC(=S)Nc1cc(Cl)c(Cl)cc1N. The molecule has 0 saturated heterocycles. The Morgan fingerprint density at radius 2 is 1.88 bits per heavy atom. The Hall–Kier alpha value is -0.710. The number of hydrogen-bond donors (Lipinski definition) is 3. The normalized spacial score (nSPS) is 10.3. The molecule has 6 heteroatoms. The fourth-order valence-corrected chi connectivity index (χ4v) is 1.77. The molecule has 0 heterocycles. The molecule has 88 valence electrons. The van der Waals surface area contributed by atoms with Crippen LogP contribution in [0.4, 0.5) is 11.4 Å². The molecule has 0 fully saturated rings. The Morgan fingerprint density at radius 3 is 2.44 bits per heavy atom. The zero-order valence-corrected chi connectivity index (χ0v) is 11.3. The maximum Gasteiger partial charge on any atom is 0.171 e. The van der Waals surface area contributed by atoms with E-state index in [4.69, 9.17) is 41.2 Å². The molecule has 0 atom stereocenters. The number of nitrogen functional groups attached to an aromatic ring is 1. The molecule has 0 unspecified atom stereocenters. The first-order valence-electron chi connectivity index (χ1n) is 4.72. The Balaban J connectivity index is 2.81. The van der Waals surface area contributed by atoms with Crippen molar-refractivity contribution in [2.24, 2.45) is 0 Å². The number of halogens is 2. The van der Waals surface area contributed by atoms with Crippen molar-refractivity contribution in [3.63, 3.8) is 0 Å². The first-order valence-corrected chi connectivity index (χ1v) is 5.88. The van der Waals surface area contributed by atoms with E-state index in [1.54, 1.807) is 12.1 Å². The van der Waals surface area contributed by atoms with Crippen LogP contribution in [-0.4, -0.2) is 11.2 Å². The lowest BCUT2D eigenvalue weighted by atomic mass is 10.2. The van der Waals surface area contributed by atoms with E-state index in [9.17, 15) is 0 Å². The Bertz CT molecular complexity index is 407. The number of nitrogens with one attached hydrogen (secondary N) is 2. The predicted molar refractivity (Wildman–Crippen MR) is 75.4 cm³/mol. The van der Waals surface area contributed by atoms with Crippen LogP contribution in [0.1, 0.15) is 13.8 Å². The summed E-state index contributed by atoms with van der Waals surface area (Å²) < 4.78 is 0. The smallest absolute Gasteiger partial charge is 0.171 e. The molecular weight excluding hydrogens is 265 g/mol. The maximum atomic E-state index is 5.88. The van der Waals surface area contributed by atoms with Crippen LogP contribution in [0, 0.1) is 0 Å². The van der Waals surface area contributed by atoms with Crippen LogP contribution in [0.25, 0.3) is 0 Å². The minimum absolute atomic E-state index is 0.254. The Kier molecular flexibility index (Phi) is 4.65. The molecule has 0 aromatic heterocycles. The lowest BCUT2D eigenvalue weighted by Crippen LogP contribution is -2.34. The second-order valence-corrected chi connectivity index (χ2v) is 4.83.